The van der Waals surface area contributed by atoms with Crippen molar-refractivity contribution < 1.29 is 9.90 Å². The molecule has 0 bridgehead atoms. The number of amides is 1. The van der Waals surface area contributed by atoms with Crippen LogP contribution < -0.4 is 0 Å². The maximum Gasteiger partial charge on any atom is 0.225 e. The van der Waals surface area contributed by atoms with Gasteiger partial charge in [-0.25, -0.2) is 0 Å². The number of hydrogen-bond acceptors (Lipinski definition) is 3. The number of carbonyl (C=O) groups excluding carboxylic acids is 1. The molecule has 4 nitrogen and oxygen atoms in total. The molecule has 1 aliphatic carbocycles. The number of nitrogens with zero attached hydrogens (tertiary/aromatic N) is 2. The van der Waals surface area contributed by atoms with E-state index in [4.69, 9.17) is 0 Å². The van der Waals surface area contributed by atoms with Gasteiger partial charge >= 0.3 is 0 Å². The standard InChI is InChI=1S/C20H24N2O2/c1-14(15-5-6-15)19(23)22-11-8-20(24,9-12-22)18-4-2-3-16-13-21-10-7-17(16)18/h2-4,7,10,13-15,24H,5-6,8-9,11-12H2,1H3. The van der Waals surface area contributed by atoms with Crippen molar-refractivity contribution in [3.05, 3.63) is 42.2 Å². The zero-order valence-electron chi connectivity index (χ0n) is 14.1. The van der Waals surface area contributed by atoms with Crippen molar-refractivity contribution in [3.8, 4) is 0 Å². The SMILES string of the molecule is CC(C(=O)N1CCC(O)(c2cccc3cnccc23)CC1)C1CC1. The lowest BCUT2D eigenvalue weighted by Crippen LogP contribution is -2.47. The normalized spacial score (nSPS) is 21.7. The molecule has 1 aromatic carbocycles. The van der Waals surface area contributed by atoms with E-state index in [9.17, 15) is 9.90 Å². The quantitative estimate of drug-likeness (QED) is 0.944. The van der Waals surface area contributed by atoms with Crippen LogP contribution in [0.5, 0.6) is 0 Å². The fourth-order valence-electron chi connectivity index (χ4n) is 3.98. The first-order chi connectivity index (χ1) is 11.6. The summed E-state index contributed by atoms with van der Waals surface area (Å²) in [5, 5.41) is 13.3. The van der Waals surface area contributed by atoms with Crippen LogP contribution >= 0.6 is 0 Å². The van der Waals surface area contributed by atoms with Gasteiger partial charge in [0, 0.05) is 36.8 Å². The molecule has 1 saturated carbocycles. The van der Waals surface area contributed by atoms with Gasteiger partial charge in [-0.1, -0.05) is 25.1 Å². The monoisotopic (exact) mass is 324 g/mol. The summed E-state index contributed by atoms with van der Waals surface area (Å²) in [5.74, 6) is 0.991. The molecule has 1 N–H and O–H groups in total. The highest BCUT2D eigenvalue weighted by atomic mass is 16.3. The van der Waals surface area contributed by atoms with Gasteiger partial charge in [-0.05, 0) is 48.6 Å². The molecule has 126 valence electrons. The average molecular weight is 324 g/mol. The first kappa shape index (κ1) is 15.6. The highest BCUT2D eigenvalue weighted by Gasteiger charge is 2.40. The molecule has 2 aromatic rings. The minimum absolute atomic E-state index is 0.139. The smallest absolute Gasteiger partial charge is 0.225 e. The third-order valence-electron chi connectivity index (χ3n) is 5.80. The van der Waals surface area contributed by atoms with Crippen LogP contribution in [0.15, 0.2) is 36.7 Å². The first-order valence-electron chi connectivity index (χ1n) is 8.93. The number of rotatable bonds is 3. The number of fused-ring (bicyclic) bond motifs is 1. The highest BCUT2D eigenvalue weighted by molar-refractivity contribution is 5.85. The lowest BCUT2D eigenvalue weighted by Gasteiger charge is -2.40. The van der Waals surface area contributed by atoms with E-state index in [2.05, 4.69) is 11.9 Å². The summed E-state index contributed by atoms with van der Waals surface area (Å²) in [4.78, 5) is 18.7. The van der Waals surface area contributed by atoms with E-state index in [0.29, 0.717) is 31.8 Å². The Morgan fingerprint density at radius 3 is 2.75 bits per heavy atom. The number of carbonyl (C=O) groups is 1. The van der Waals surface area contributed by atoms with Crippen molar-refractivity contribution in [2.24, 2.45) is 11.8 Å². The lowest BCUT2D eigenvalue weighted by molar-refractivity contribution is -0.140. The molecule has 0 radical (unpaired) electrons. The summed E-state index contributed by atoms with van der Waals surface area (Å²) in [6.45, 7) is 3.32. The van der Waals surface area contributed by atoms with Crippen LogP contribution in [0.25, 0.3) is 10.8 Å². The number of benzene rings is 1. The predicted molar refractivity (Wildman–Crippen MR) is 93.3 cm³/mol. The zero-order valence-corrected chi connectivity index (χ0v) is 14.1. The number of piperidine rings is 1. The molecular formula is C20H24N2O2. The van der Waals surface area contributed by atoms with Gasteiger partial charge in [0.15, 0.2) is 0 Å². The molecule has 1 unspecified atom stereocenters. The topological polar surface area (TPSA) is 53.4 Å². The van der Waals surface area contributed by atoms with Crippen molar-refractivity contribution in [2.45, 2.75) is 38.2 Å². The molecule has 1 aliphatic heterocycles. The molecule has 1 atom stereocenters. The van der Waals surface area contributed by atoms with Gasteiger partial charge in [-0.15, -0.1) is 0 Å². The molecule has 2 heterocycles. The van der Waals surface area contributed by atoms with Gasteiger partial charge in [0.05, 0.1) is 5.60 Å². The van der Waals surface area contributed by atoms with E-state index in [1.165, 1.54) is 12.8 Å². The minimum atomic E-state index is -0.861. The second kappa shape index (κ2) is 5.85. The summed E-state index contributed by atoms with van der Waals surface area (Å²) in [6, 6.07) is 7.97. The summed E-state index contributed by atoms with van der Waals surface area (Å²) in [5.41, 5.74) is 0.102. The van der Waals surface area contributed by atoms with Crippen molar-refractivity contribution in [1.82, 2.24) is 9.88 Å². The largest absolute Gasteiger partial charge is 0.385 e. The summed E-state index contributed by atoms with van der Waals surface area (Å²) in [7, 11) is 0. The summed E-state index contributed by atoms with van der Waals surface area (Å²) >= 11 is 0. The van der Waals surface area contributed by atoms with Crippen LogP contribution in [0.4, 0.5) is 0 Å². The summed E-state index contributed by atoms with van der Waals surface area (Å²) in [6.07, 6.45) is 7.17. The Balaban J connectivity index is 1.54. The minimum Gasteiger partial charge on any atom is -0.385 e. The van der Waals surface area contributed by atoms with Gasteiger partial charge in [0.1, 0.15) is 0 Å². The van der Waals surface area contributed by atoms with E-state index >= 15 is 0 Å². The van der Waals surface area contributed by atoms with Crippen LogP contribution in [0.2, 0.25) is 0 Å². The van der Waals surface area contributed by atoms with Crippen LogP contribution in [-0.2, 0) is 10.4 Å². The van der Waals surface area contributed by atoms with E-state index in [-0.39, 0.29) is 11.8 Å². The maximum atomic E-state index is 12.6. The second-order valence-corrected chi connectivity index (χ2v) is 7.39. The highest BCUT2D eigenvalue weighted by Crippen LogP contribution is 2.40. The fourth-order valence-corrected chi connectivity index (χ4v) is 3.98. The van der Waals surface area contributed by atoms with Crippen molar-refractivity contribution >= 4 is 16.7 Å². The Hall–Kier alpha value is -1.94. The van der Waals surface area contributed by atoms with Crippen LogP contribution in [0, 0.1) is 11.8 Å². The first-order valence-corrected chi connectivity index (χ1v) is 8.93. The molecule has 24 heavy (non-hydrogen) atoms. The Kier molecular flexibility index (Phi) is 3.80. The third kappa shape index (κ3) is 2.69. The lowest BCUT2D eigenvalue weighted by atomic mass is 9.82. The maximum absolute atomic E-state index is 12.6. The fraction of sp³-hybridized carbons (Fsp3) is 0.500. The Morgan fingerprint density at radius 2 is 2.04 bits per heavy atom. The van der Waals surface area contributed by atoms with Gasteiger partial charge in [-0.2, -0.15) is 0 Å². The van der Waals surface area contributed by atoms with Crippen molar-refractivity contribution in [2.75, 3.05) is 13.1 Å². The average Bonchev–Trinajstić information content (AvgIpc) is 3.46. The van der Waals surface area contributed by atoms with Gasteiger partial charge < -0.3 is 10.0 Å². The predicted octanol–water partition coefficient (Wildman–Crippen LogP) is 3.09. The third-order valence-corrected chi connectivity index (χ3v) is 5.80. The Labute approximate surface area is 142 Å². The van der Waals surface area contributed by atoms with E-state index in [0.717, 1.165) is 16.3 Å². The van der Waals surface area contributed by atoms with E-state index in [1.54, 1.807) is 6.20 Å². The number of aromatic nitrogens is 1. The zero-order chi connectivity index (χ0) is 16.7. The van der Waals surface area contributed by atoms with E-state index in [1.807, 2.05) is 35.4 Å². The van der Waals surface area contributed by atoms with Crippen molar-refractivity contribution in [3.63, 3.8) is 0 Å². The van der Waals surface area contributed by atoms with Crippen LogP contribution in [-0.4, -0.2) is 34.0 Å². The van der Waals surface area contributed by atoms with Gasteiger partial charge in [-0.3, -0.25) is 9.78 Å². The Morgan fingerprint density at radius 1 is 1.29 bits per heavy atom. The van der Waals surface area contributed by atoms with Crippen molar-refractivity contribution in [1.29, 1.82) is 0 Å². The molecule has 0 spiro atoms. The molecule has 4 heteroatoms. The molecule has 2 aliphatic rings. The molecule has 1 amide bonds. The number of likely N-dealkylation sites (tertiary alicyclic amines) is 1. The van der Waals surface area contributed by atoms with Crippen LogP contribution in [0.3, 0.4) is 0 Å². The second-order valence-electron chi connectivity index (χ2n) is 7.39. The molecular weight excluding hydrogens is 300 g/mol. The van der Waals surface area contributed by atoms with Crippen LogP contribution in [0.1, 0.15) is 38.2 Å². The van der Waals surface area contributed by atoms with Gasteiger partial charge in [0.2, 0.25) is 5.91 Å². The molecule has 1 aromatic heterocycles. The molecule has 4 rings (SSSR count). The number of hydrogen-bond donors (Lipinski definition) is 1. The van der Waals surface area contributed by atoms with Gasteiger partial charge in [0.25, 0.3) is 0 Å². The summed E-state index contributed by atoms with van der Waals surface area (Å²) < 4.78 is 0. The molecule has 2 fully saturated rings. The Bertz CT molecular complexity index is 756. The molecule has 1 saturated heterocycles. The number of pyridine rings is 1. The number of aliphatic hydroxyl groups is 1. The van der Waals surface area contributed by atoms with E-state index < -0.39 is 5.60 Å².